The van der Waals surface area contributed by atoms with Gasteiger partial charge in [-0.25, -0.2) is 0 Å². The normalized spacial score (nSPS) is 10.4. The summed E-state index contributed by atoms with van der Waals surface area (Å²) >= 11 is 3.36. The van der Waals surface area contributed by atoms with Crippen LogP contribution in [0.2, 0.25) is 0 Å². The van der Waals surface area contributed by atoms with Gasteiger partial charge in [-0.1, -0.05) is 42.1 Å². The maximum Gasteiger partial charge on any atom is 0.277 e. The molecule has 1 heterocycles. The van der Waals surface area contributed by atoms with Crippen LogP contribution in [0, 0.1) is 3.57 Å². The number of para-hydroxylation sites is 2. The molecule has 0 fully saturated rings. The predicted molar refractivity (Wildman–Crippen MR) is 104 cm³/mol. The minimum Gasteiger partial charge on any atom is -0.484 e. The Balaban J connectivity index is 1.47. The summed E-state index contributed by atoms with van der Waals surface area (Å²) in [6, 6.07) is 17.0. The van der Waals surface area contributed by atoms with Gasteiger partial charge in [-0.15, -0.1) is 10.2 Å². The van der Waals surface area contributed by atoms with E-state index in [4.69, 9.17) is 9.15 Å². The highest BCUT2D eigenvalue weighted by atomic mass is 127. The number of carbonyl (C=O) groups is 1. The first kappa shape index (κ1) is 17.7. The van der Waals surface area contributed by atoms with E-state index in [2.05, 4.69) is 38.1 Å². The van der Waals surface area contributed by atoms with Crippen molar-refractivity contribution in [1.82, 2.24) is 10.2 Å². The smallest absolute Gasteiger partial charge is 0.277 e. The Bertz CT molecular complexity index is 842. The molecule has 3 rings (SSSR count). The lowest BCUT2D eigenvalue weighted by Gasteiger charge is -2.05. The van der Waals surface area contributed by atoms with Gasteiger partial charge in [-0.3, -0.25) is 4.79 Å². The highest BCUT2D eigenvalue weighted by Crippen LogP contribution is 2.20. The number of amides is 1. The maximum absolute atomic E-state index is 12.0. The third kappa shape index (κ3) is 5.46. The van der Waals surface area contributed by atoms with Crippen LogP contribution in [0.25, 0.3) is 0 Å². The molecule has 0 aliphatic rings. The molecule has 25 heavy (non-hydrogen) atoms. The number of carbonyl (C=O) groups excluding carboxylic acids is 1. The van der Waals surface area contributed by atoms with Crippen molar-refractivity contribution in [2.24, 2.45) is 0 Å². The van der Waals surface area contributed by atoms with Crippen LogP contribution in [0.4, 0.5) is 5.69 Å². The number of halogens is 1. The van der Waals surface area contributed by atoms with Crippen LogP contribution in [0.3, 0.4) is 0 Å². The zero-order valence-electron chi connectivity index (χ0n) is 13.0. The van der Waals surface area contributed by atoms with Crippen molar-refractivity contribution in [3.05, 3.63) is 64.1 Å². The zero-order chi connectivity index (χ0) is 17.5. The van der Waals surface area contributed by atoms with Crippen LogP contribution in [0.1, 0.15) is 5.89 Å². The second-order valence-corrected chi connectivity index (χ2v) is 6.97. The third-order valence-corrected chi connectivity index (χ3v) is 4.79. The second kappa shape index (κ2) is 8.86. The lowest BCUT2D eigenvalue weighted by atomic mass is 10.3. The Morgan fingerprint density at radius 1 is 1.12 bits per heavy atom. The average Bonchev–Trinajstić information content (AvgIpc) is 3.09. The van der Waals surface area contributed by atoms with Gasteiger partial charge in [0.1, 0.15) is 5.75 Å². The Morgan fingerprint density at radius 3 is 2.68 bits per heavy atom. The number of rotatable bonds is 7. The maximum atomic E-state index is 12.0. The summed E-state index contributed by atoms with van der Waals surface area (Å²) in [4.78, 5) is 12.0. The topological polar surface area (TPSA) is 77.2 Å². The Morgan fingerprint density at radius 2 is 1.88 bits per heavy atom. The van der Waals surface area contributed by atoms with Gasteiger partial charge in [-0.05, 0) is 46.9 Å². The summed E-state index contributed by atoms with van der Waals surface area (Å²) in [7, 11) is 0. The highest BCUT2D eigenvalue weighted by Gasteiger charge is 2.11. The van der Waals surface area contributed by atoms with Crippen molar-refractivity contribution in [3.8, 4) is 5.75 Å². The fourth-order valence-corrected chi connectivity index (χ4v) is 3.00. The molecule has 8 heteroatoms. The van der Waals surface area contributed by atoms with Crippen molar-refractivity contribution in [2.75, 3.05) is 11.1 Å². The first-order valence-corrected chi connectivity index (χ1v) is 9.44. The Kier molecular flexibility index (Phi) is 6.29. The fourth-order valence-electron chi connectivity index (χ4n) is 1.89. The van der Waals surface area contributed by atoms with E-state index in [1.807, 2.05) is 54.6 Å². The number of hydrogen-bond acceptors (Lipinski definition) is 6. The lowest BCUT2D eigenvalue weighted by molar-refractivity contribution is -0.113. The number of nitrogens with one attached hydrogen (secondary N) is 1. The molecule has 0 unspecified atom stereocenters. The van der Waals surface area contributed by atoms with Crippen LogP contribution in [0.15, 0.2) is 64.2 Å². The van der Waals surface area contributed by atoms with E-state index >= 15 is 0 Å². The molecule has 3 aromatic rings. The summed E-state index contributed by atoms with van der Waals surface area (Å²) in [6.45, 7) is 0.186. The molecule has 0 bridgehead atoms. The number of aromatic nitrogens is 2. The quantitative estimate of drug-likeness (QED) is 0.419. The molecule has 1 aromatic heterocycles. The van der Waals surface area contributed by atoms with E-state index in [-0.39, 0.29) is 18.3 Å². The van der Waals surface area contributed by atoms with Gasteiger partial charge in [0.15, 0.2) is 6.61 Å². The number of nitrogens with zero attached hydrogens (tertiary/aromatic N) is 2. The Labute approximate surface area is 162 Å². The van der Waals surface area contributed by atoms with Gasteiger partial charge < -0.3 is 14.5 Å². The molecular formula is C17H14IN3O3S. The average molecular weight is 467 g/mol. The zero-order valence-corrected chi connectivity index (χ0v) is 16.0. The summed E-state index contributed by atoms with van der Waals surface area (Å²) in [5.74, 6) is 1.15. The van der Waals surface area contributed by atoms with Gasteiger partial charge in [0.05, 0.1) is 11.4 Å². The molecule has 128 valence electrons. The second-order valence-electron chi connectivity index (χ2n) is 4.88. The van der Waals surface area contributed by atoms with Gasteiger partial charge in [-0.2, -0.15) is 0 Å². The first-order valence-electron chi connectivity index (χ1n) is 7.38. The fraction of sp³-hybridized carbons (Fsp3) is 0.118. The molecule has 0 radical (unpaired) electrons. The minimum absolute atomic E-state index is 0.130. The summed E-state index contributed by atoms with van der Waals surface area (Å²) in [5, 5.41) is 11.0. The number of ether oxygens (including phenoxy) is 1. The van der Waals surface area contributed by atoms with E-state index in [1.165, 1.54) is 11.8 Å². The standard InChI is InChI=1S/C17H14IN3O3S/c18-13-8-4-5-9-14(13)19-15(22)11-25-17-21-20-16(24-17)10-23-12-6-2-1-3-7-12/h1-9H,10-11H2,(H,19,22). The van der Waals surface area contributed by atoms with Crippen molar-refractivity contribution < 1.29 is 13.9 Å². The van der Waals surface area contributed by atoms with E-state index in [1.54, 1.807) is 0 Å². The van der Waals surface area contributed by atoms with E-state index in [0.29, 0.717) is 11.1 Å². The number of hydrogen-bond donors (Lipinski definition) is 1. The summed E-state index contributed by atoms with van der Waals surface area (Å²) < 4.78 is 12.0. The molecule has 1 N–H and O–H groups in total. The molecule has 0 saturated heterocycles. The molecule has 0 aliphatic heterocycles. The highest BCUT2D eigenvalue weighted by molar-refractivity contribution is 14.1. The van der Waals surface area contributed by atoms with Gasteiger partial charge in [0.25, 0.3) is 11.1 Å². The van der Waals surface area contributed by atoms with Crippen LogP contribution in [-0.4, -0.2) is 21.9 Å². The van der Waals surface area contributed by atoms with E-state index in [9.17, 15) is 4.79 Å². The molecule has 0 spiro atoms. The summed E-state index contributed by atoms with van der Waals surface area (Å²) in [5.41, 5.74) is 0.788. The lowest BCUT2D eigenvalue weighted by Crippen LogP contribution is -2.14. The number of thioether (sulfide) groups is 1. The molecule has 0 saturated carbocycles. The van der Waals surface area contributed by atoms with Crippen molar-refractivity contribution in [3.63, 3.8) is 0 Å². The minimum atomic E-state index is -0.130. The van der Waals surface area contributed by atoms with Crippen LogP contribution in [-0.2, 0) is 11.4 Å². The summed E-state index contributed by atoms with van der Waals surface area (Å²) in [6.07, 6.45) is 0. The largest absolute Gasteiger partial charge is 0.484 e. The molecule has 2 aromatic carbocycles. The Hall–Kier alpha value is -2.07. The molecular weight excluding hydrogens is 453 g/mol. The van der Waals surface area contributed by atoms with Gasteiger partial charge in [0.2, 0.25) is 5.91 Å². The molecule has 0 aliphatic carbocycles. The van der Waals surface area contributed by atoms with E-state index in [0.717, 1.165) is 15.0 Å². The van der Waals surface area contributed by atoms with Gasteiger partial charge >= 0.3 is 0 Å². The molecule has 0 atom stereocenters. The van der Waals surface area contributed by atoms with Crippen LogP contribution < -0.4 is 10.1 Å². The number of benzene rings is 2. The molecule has 1 amide bonds. The third-order valence-electron chi connectivity index (χ3n) is 3.03. The van der Waals surface area contributed by atoms with E-state index < -0.39 is 0 Å². The van der Waals surface area contributed by atoms with Gasteiger partial charge in [0, 0.05) is 3.57 Å². The van der Waals surface area contributed by atoms with Crippen LogP contribution in [0.5, 0.6) is 5.75 Å². The number of anilines is 1. The van der Waals surface area contributed by atoms with Crippen molar-refractivity contribution in [1.29, 1.82) is 0 Å². The first-order chi connectivity index (χ1) is 12.2. The molecule has 6 nitrogen and oxygen atoms in total. The monoisotopic (exact) mass is 467 g/mol. The van der Waals surface area contributed by atoms with Crippen molar-refractivity contribution >= 4 is 45.9 Å². The SMILES string of the molecule is O=C(CSc1nnc(COc2ccccc2)o1)Nc1ccccc1I. The van der Waals surface area contributed by atoms with Crippen LogP contribution >= 0.6 is 34.4 Å². The predicted octanol–water partition coefficient (Wildman–Crippen LogP) is 3.98. The van der Waals surface area contributed by atoms with Crippen molar-refractivity contribution in [2.45, 2.75) is 11.8 Å².